The Balaban J connectivity index is 3.02. The van der Waals surface area contributed by atoms with Gasteiger partial charge in [0.1, 0.15) is 0 Å². The van der Waals surface area contributed by atoms with Gasteiger partial charge in [0.05, 0.1) is 7.59 Å². The second-order valence-corrected chi connectivity index (χ2v) is 22.7. The molecule has 0 aromatic carbocycles. The molecule has 0 saturated heterocycles. The van der Waals surface area contributed by atoms with Crippen molar-refractivity contribution in [2.24, 2.45) is 0 Å². The van der Waals surface area contributed by atoms with E-state index in [0.29, 0.717) is 0 Å². The molecule has 0 aliphatic heterocycles. The first-order valence-electron chi connectivity index (χ1n) is 4.40. The average Bonchev–Trinajstić information content (AvgIpc) is 2.34. The highest BCUT2D eigenvalue weighted by Crippen LogP contribution is 2.20. The maximum Gasteiger partial charge on any atom is 0.0862 e. The van der Waals surface area contributed by atoms with Crippen molar-refractivity contribution in [3.05, 3.63) is 17.5 Å². The zero-order valence-corrected chi connectivity index (χ0v) is 11.5. The molecule has 0 fully saturated rings. The van der Waals surface area contributed by atoms with E-state index in [4.69, 9.17) is 0 Å². The summed E-state index contributed by atoms with van der Waals surface area (Å²) >= 11 is 1.95. The topological polar surface area (TPSA) is 0 Å². The molecule has 0 aliphatic carbocycles. The van der Waals surface area contributed by atoms with E-state index in [1.54, 1.807) is 4.50 Å². The molecule has 0 N–H and O–H groups in total. The lowest BCUT2D eigenvalue weighted by atomic mass is 10.7. The Labute approximate surface area is 81.4 Å². The summed E-state index contributed by atoms with van der Waals surface area (Å²) in [5.41, 5.74) is 0. The molecule has 1 heterocycles. The molecular formula is C9H18SSi2. The van der Waals surface area contributed by atoms with Crippen LogP contribution in [-0.4, -0.2) is 15.2 Å². The van der Waals surface area contributed by atoms with Crippen molar-refractivity contribution < 1.29 is 0 Å². The Morgan fingerprint density at radius 2 is 1.67 bits per heavy atom. The fourth-order valence-corrected chi connectivity index (χ4v) is 9.85. The van der Waals surface area contributed by atoms with E-state index in [1.807, 2.05) is 11.3 Å². The second kappa shape index (κ2) is 3.12. The molecule has 68 valence electrons. The standard InChI is InChI=1S/C9H18SSi2/c1-11(2,3)12(4,5)9-7-6-8-10-9/h6-8H,1-5H3. The van der Waals surface area contributed by atoms with Gasteiger partial charge in [-0.15, -0.1) is 0 Å². The molecule has 0 atom stereocenters. The summed E-state index contributed by atoms with van der Waals surface area (Å²) < 4.78 is 1.68. The summed E-state index contributed by atoms with van der Waals surface area (Å²) in [6, 6.07) is 4.52. The first kappa shape index (κ1) is 10.2. The molecule has 0 bridgehead atoms. The number of hydrogen-bond acceptors (Lipinski definition) is 1. The molecule has 12 heavy (non-hydrogen) atoms. The SMILES string of the molecule is C[Si](C)(C)[Si](C)(C)c1cccs1. The minimum absolute atomic E-state index is 0.940. The lowest BCUT2D eigenvalue weighted by molar-refractivity contribution is 1.75. The second-order valence-electron chi connectivity index (χ2n) is 4.85. The third kappa shape index (κ3) is 1.73. The van der Waals surface area contributed by atoms with Gasteiger partial charge in [-0.05, 0) is 9.88 Å². The molecule has 0 unspecified atom stereocenters. The van der Waals surface area contributed by atoms with Gasteiger partial charge < -0.3 is 0 Å². The maximum absolute atomic E-state index is 2.52. The van der Waals surface area contributed by atoms with Crippen LogP contribution >= 0.6 is 11.3 Å². The predicted molar refractivity (Wildman–Crippen MR) is 64.8 cm³/mol. The van der Waals surface area contributed by atoms with E-state index < -0.39 is 15.2 Å². The third-order valence-corrected chi connectivity index (χ3v) is 23.3. The monoisotopic (exact) mass is 214 g/mol. The van der Waals surface area contributed by atoms with Crippen LogP contribution in [0.25, 0.3) is 0 Å². The lowest BCUT2D eigenvalue weighted by Crippen LogP contribution is -2.60. The molecule has 0 spiro atoms. The van der Waals surface area contributed by atoms with Crippen LogP contribution in [0.2, 0.25) is 32.7 Å². The molecule has 0 saturated carbocycles. The van der Waals surface area contributed by atoms with Crippen LogP contribution in [0, 0.1) is 0 Å². The molecule has 0 aliphatic rings. The van der Waals surface area contributed by atoms with Crippen LogP contribution in [0.4, 0.5) is 0 Å². The summed E-state index contributed by atoms with van der Waals surface area (Å²) in [4.78, 5) is 0. The molecule has 0 radical (unpaired) electrons. The van der Waals surface area contributed by atoms with Crippen LogP contribution in [0.15, 0.2) is 17.5 Å². The molecule has 3 heteroatoms. The highest BCUT2D eigenvalue weighted by molar-refractivity contribution is 7.51. The van der Waals surface area contributed by atoms with Crippen molar-refractivity contribution in [3.8, 4) is 0 Å². The summed E-state index contributed by atoms with van der Waals surface area (Å²) in [5.74, 6) is 0. The van der Waals surface area contributed by atoms with Gasteiger partial charge in [0.15, 0.2) is 0 Å². The van der Waals surface area contributed by atoms with E-state index in [1.165, 1.54) is 0 Å². The Hall–Kier alpha value is 0.134. The van der Waals surface area contributed by atoms with Crippen molar-refractivity contribution in [1.29, 1.82) is 0 Å². The van der Waals surface area contributed by atoms with Crippen molar-refractivity contribution >= 4 is 31.0 Å². The van der Waals surface area contributed by atoms with Gasteiger partial charge in [-0.25, -0.2) is 0 Å². The zero-order valence-electron chi connectivity index (χ0n) is 8.64. The molecule has 1 aromatic heterocycles. The first-order chi connectivity index (χ1) is 5.36. The maximum atomic E-state index is 2.52. The van der Waals surface area contributed by atoms with E-state index in [2.05, 4.69) is 50.2 Å². The summed E-state index contributed by atoms with van der Waals surface area (Å²) in [6.45, 7) is 12.5. The Kier molecular flexibility index (Phi) is 2.66. The number of hydrogen-bond donors (Lipinski definition) is 0. The largest absolute Gasteiger partial charge is 0.154 e. The van der Waals surface area contributed by atoms with Crippen LogP contribution in [0.5, 0.6) is 0 Å². The fourth-order valence-electron chi connectivity index (χ4n) is 1.00. The Bertz CT molecular complexity index is 244. The minimum atomic E-state index is -1.07. The molecule has 1 aromatic rings. The summed E-state index contributed by atoms with van der Waals surface area (Å²) in [5, 5.41) is 2.21. The quantitative estimate of drug-likeness (QED) is 0.664. The van der Waals surface area contributed by atoms with Gasteiger partial charge >= 0.3 is 0 Å². The average molecular weight is 214 g/mol. The molecular weight excluding hydrogens is 196 g/mol. The summed E-state index contributed by atoms with van der Waals surface area (Å²) in [7, 11) is -2.01. The molecule has 1 rings (SSSR count). The van der Waals surface area contributed by atoms with Crippen molar-refractivity contribution in [2.45, 2.75) is 32.7 Å². The minimum Gasteiger partial charge on any atom is -0.154 e. The van der Waals surface area contributed by atoms with Crippen LogP contribution in [0.1, 0.15) is 0 Å². The lowest BCUT2D eigenvalue weighted by Gasteiger charge is -2.34. The highest BCUT2D eigenvalue weighted by atomic mass is 32.1. The van der Waals surface area contributed by atoms with Crippen LogP contribution in [-0.2, 0) is 0 Å². The van der Waals surface area contributed by atoms with Gasteiger partial charge in [0.2, 0.25) is 0 Å². The summed E-state index contributed by atoms with van der Waals surface area (Å²) in [6.07, 6.45) is 0. The van der Waals surface area contributed by atoms with Crippen LogP contribution < -0.4 is 4.50 Å². The van der Waals surface area contributed by atoms with E-state index in [9.17, 15) is 0 Å². The highest BCUT2D eigenvalue weighted by Gasteiger charge is 2.38. The number of thiophene rings is 1. The van der Waals surface area contributed by atoms with Crippen LogP contribution in [0.3, 0.4) is 0 Å². The van der Waals surface area contributed by atoms with Gasteiger partial charge in [-0.2, -0.15) is 11.3 Å². The van der Waals surface area contributed by atoms with Crippen molar-refractivity contribution in [1.82, 2.24) is 0 Å². The van der Waals surface area contributed by atoms with E-state index in [-0.39, 0.29) is 0 Å². The fraction of sp³-hybridized carbons (Fsp3) is 0.556. The van der Waals surface area contributed by atoms with E-state index >= 15 is 0 Å². The van der Waals surface area contributed by atoms with Crippen molar-refractivity contribution in [2.75, 3.05) is 0 Å². The smallest absolute Gasteiger partial charge is 0.0862 e. The normalized spacial score (nSPS) is 13.4. The molecule has 0 nitrogen and oxygen atoms in total. The zero-order chi connectivity index (χ0) is 9.41. The Morgan fingerprint density at radius 1 is 1.08 bits per heavy atom. The first-order valence-corrected chi connectivity index (χ1v) is 12.8. The third-order valence-electron chi connectivity index (χ3n) is 3.01. The van der Waals surface area contributed by atoms with Crippen molar-refractivity contribution in [3.63, 3.8) is 0 Å². The number of rotatable bonds is 2. The van der Waals surface area contributed by atoms with Gasteiger partial charge in [0, 0.05) is 7.59 Å². The van der Waals surface area contributed by atoms with Gasteiger partial charge in [0.25, 0.3) is 0 Å². The predicted octanol–water partition coefficient (Wildman–Crippen LogP) is 3.08. The van der Waals surface area contributed by atoms with E-state index in [0.717, 1.165) is 0 Å². The Morgan fingerprint density at radius 3 is 2.00 bits per heavy atom. The molecule has 0 amide bonds. The van der Waals surface area contributed by atoms with Gasteiger partial charge in [-0.1, -0.05) is 44.9 Å². The van der Waals surface area contributed by atoms with Gasteiger partial charge in [-0.3, -0.25) is 0 Å².